The van der Waals surface area contributed by atoms with E-state index in [0.717, 1.165) is 33.0 Å². The fourth-order valence-corrected chi connectivity index (χ4v) is 4.52. The first-order valence-corrected chi connectivity index (χ1v) is 11.4. The summed E-state index contributed by atoms with van der Waals surface area (Å²) in [5.74, 6) is -0.256. The number of carbonyl (C=O) groups is 1. The summed E-state index contributed by atoms with van der Waals surface area (Å²) in [6, 6.07) is 26.8. The molecule has 1 aliphatic rings. The van der Waals surface area contributed by atoms with Gasteiger partial charge in [-0.25, -0.2) is 4.79 Å². The van der Waals surface area contributed by atoms with Crippen LogP contribution in [0.4, 0.5) is 0 Å². The molecule has 0 aliphatic carbocycles. The van der Waals surface area contributed by atoms with Gasteiger partial charge in [0.1, 0.15) is 12.4 Å². The lowest BCUT2D eigenvalue weighted by molar-refractivity contribution is -0.0679. The Kier molecular flexibility index (Phi) is 6.05. The molecule has 4 aromatic carbocycles. The Balaban J connectivity index is 1.44. The maximum absolute atomic E-state index is 11.7. The van der Waals surface area contributed by atoms with Crippen molar-refractivity contribution in [2.24, 2.45) is 0 Å². The number of aromatic carboxylic acids is 1. The average molecular weight is 455 g/mol. The lowest BCUT2D eigenvalue weighted by Gasteiger charge is -2.32. The molecule has 0 amide bonds. The van der Waals surface area contributed by atoms with Gasteiger partial charge in [-0.05, 0) is 63.4 Å². The second kappa shape index (κ2) is 9.29. The summed E-state index contributed by atoms with van der Waals surface area (Å²) in [6.07, 6.45) is 1.17. The highest BCUT2D eigenvalue weighted by molar-refractivity contribution is 6.03. The molecular formula is C29H26O5. The largest absolute Gasteiger partial charge is 0.489 e. The van der Waals surface area contributed by atoms with Gasteiger partial charge >= 0.3 is 5.97 Å². The summed E-state index contributed by atoms with van der Waals surface area (Å²) in [6.45, 7) is 1.48. The Hall–Kier alpha value is -3.67. The van der Waals surface area contributed by atoms with Crippen molar-refractivity contribution in [3.63, 3.8) is 0 Å². The fraction of sp³-hybridized carbons (Fsp3) is 0.207. The van der Waals surface area contributed by atoms with Crippen LogP contribution in [0, 0.1) is 0 Å². The molecule has 1 fully saturated rings. The first-order valence-electron chi connectivity index (χ1n) is 11.4. The predicted molar refractivity (Wildman–Crippen MR) is 131 cm³/mol. The molecule has 0 saturated carbocycles. The van der Waals surface area contributed by atoms with Gasteiger partial charge in [0, 0.05) is 26.1 Å². The molecule has 1 saturated heterocycles. The van der Waals surface area contributed by atoms with E-state index in [0.29, 0.717) is 38.4 Å². The van der Waals surface area contributed by atoms with Crippen LogP contribution in [0.5, 0.6) is 5.75 Å². The molecule has 1 aliphatic heterocycles. The topological polar surface area (TPSA) is 76.0 Å². The Morgan fingerprint density at radius 2 is 1.71 bits per heavy atom. The van der Waals surface area contributed by atoms with E-state index < -0.39 is 11.6 Å². The van der Waals surface area contributed by atoms with Crippen LogP contribution in [0.25, 0.3) is 21.9 Å². The molecular weight excluding hydrogens is 428 g/mol. The number of benzene rings is 4. The Bertz CT molecular complexity index is 1320. The van der Waals surface area contributed by atoms with Crippen LogP contribution in [0.3, 0.4) is 0 Å². The number of carboxylic acid groups (broad SMARTS) is 1. The SMILES string of the molecule is O=C(O)c1cc(-c2ccccc2)c2cc(OCc3cccc(C4(O)CCOCC4)c3)ccc2c1. The quantitative estimate of drug-likeness (QED) is 0.386. The molecule has 172 valence electrons. The van der Waals surface area contributed by atoms with Gasteiger partial charge in [-0.15, -0.1) is 0 Å². The van der Waals surface area contributed by atoms with Gasteiger partial charge in [-0.1, -0.05) is 54.6 Å². The summed E-state index contributed by atoms with van der Waals surface area (Å²) < 4.78 is 11.5. The van der Waals surface area contributed by atoms with Crippen molar-refractivity contribution >= 4 is 16.7 Å². The number of aliphatic hydroxyl groups is 1. The molecule has 2 N–H and O–H groups in total. The Morgan fingerprint density at radius 3 is 2.47 bits per heavy atom. The van der Waals surface area contributed by atoms with Crippen molar-refractivity contribution in [2.75, 3.05) is 13.2 Å². The van der Waals surface area contributed by atoms with Gasteiger partial charge < -0.3 is 19.7 Å². The van der Waals surface area contributed by atoms with E-state index in [1.165, 1.54) is 0 Å². The number of hydrogen-bond acceptors (Lipinski definition) is 4. The van der Waals surface area contributed by atoms with Crippen molar-refractivity contribution in [1.29, 1.82) is 0 Å². The second-order valence-corrected chi connectivity index (χ2v) is 8.71. The monoisotopic (exact) mass is 454 g/mol. The van der Waals surface area contributed by atoms with Crippen molar-refractivity contribution < 1.29 is 24.5 Å². The molecule has 5 nitrogen and oxygen atoms in total. The van der Waals surface area contributed by atoms with Crippen LogP contribution in [-0.4, -0.2) is 29.4 Å². The third-order valence-electron chi connectivity index (χ3n) is 6.45. The Morgan fingerprint density at radius 1 is 0.912 bits per heavy atom. The van der Waals surface area contributed by atoms with E-state index in [9.17, 15) is 15.0 Å². The molecule has 5 heteroatoms. The zero-order chi connectivity index (χ0) is 23.5. The van der Waals surface area contributed by atoms with E-state index in [4.69, 9.17) is 9.47 Å². The van der Waals surface area contributed by atoms with Crippen LogP contribution < -0.4 is 4.74 Å². The van der Waals surface area contributed by atoms with Crippen molar-refractivity contribution in [3.8, 4) is 16.9 Å². The van der Waals surface area contributed by atoms with Gasteiger partial charge in [0.05, 0.1) is 11.2 Å². The van der Waals surface area contributed by atoms with Crippen LogP contribution in [0.15, 0.2) is 84.9 Å². The van der Waals surface area contributed by atoms with E-state index in [1.54, 1.807) is 12.1 Å². The Labute approximate surface area is 198 Å². The highest BCUT2D eigenvalue weighted by atomic mass is 16.5. The number of rotatable bonds is 6. The third kappa shape index (κ3) is 4.53. The highest BCUT2D eigenvalue weighted by Gasteiger charge is 2.31. The van der Waals surface area contributed by atoms with Gasteiger partial charge in [-0.2, -0.15) is 0 Å². The zero-order valence-corrected chi connectivity index (χ0v) is 18.7. The number of hydrogen-bond donors (Lipinski definition) is 2. The van der Waals surface area contributed by atoms with E-state index in [-0.39, 0.29) is 5.56 Å². The summed E-state index contributed by atoms with van der Waals surface area (Å²) in [5, 5.41) is 22.3. The minimum Gasteiger partial charge on any atom is -0.489 e. The lowest BCUT2D eigenvalue weighted by Crippen LogP contribution is -2.33. The molecule has 0 spiro atoms. The minimum atomic E-state index is -0.953. The van der Waals surface area contributed by atoms with Crippen LogP contribution in [-0.2, 0) is 16.9 Å². The third-order valence-corrected chi connectivity index (χ3v) is 6.45. The standard InChI is InChI=1S/C29H26O5/c30-28(31)23-16-22-9-10-25(18-27(22)26(17-23)21-6-2-1-3-7-21)34-19-20-5-4-8-24(15-20)29(32)11-13-33-14-12-29/h1-10,15-18,32H,11-14,19H2,(H,30,31). The molecule has 0 aromatic heterocycles. The summed E-state index contributed by atoms with van der Waals surface area (Å²) in [5.41, 5.74) is 3.06. The molecule has 0 bridgehead atoms. The highest BCUT2D eigenvalue weighted by Crippen LogP contribution is 2.34. The van der Waals surface area contributed by atoms with Gasteiger partial charge in [-0.3, -0.25) is 0 Å². The summed E-state index contributed by atoms with van der Waals surface area (Å²) in [4.78, 5) is 11.7. The van der Waals surface area contributed by atoms with Crippen molar-refractivity contribution in [3.05, 3.63) is 102 Å². The predicted octanol–water partition coefficient (Wildman–Crippen LogP) is 5.78. The normalized spacial score (nSPS) is 15.2. The fourth-order valence-electron chi connectivity index (χ4n) is 4.52. The molecule has 0 atom stereocenters. The smallest absolute Gasteiger partial charge is 0.335 e. The van der Waals surface area contributed by atoms with E-state index >= 15 is 0 Å². The van der Waals surface area contributed by atoms with Gasteiger partial charge in [0.15, 0.2) is 0 Å². The molecule has 0 unspecified atom stereocenters. The molecule has 5 rings (SSSR count). The summed E-state index contributed by atoms with van der Waals surface area (Å²) >= 11 is 0. The average Bonchev–Trinajstić information content (AvgIpc) is 2.88. The van der Waals surface area contributed by atoms with Crippen LogP contribution in [0.2, 0.25) is 0 Å². The maximum atomic E-state index is 11.7. The molecule has 4 aromatic rings. The lowest BCUT2D eigenvalue weighted by atomic mass is 9.86. The first-order chi connectivity index (χ1) is 16.5. The van der Waals surface area contributed by atoms with Crippen molar-refractivity contribution in [2.45, 2.75) is 25.0 Å². The number of carboxylic acids is 1. The first kappa shape index (κ1) is 22.1. The minimum absolute atomic E-state index is 0.253. The van der Waals surface area contributed by atoms with Crippen LogP contribution >= 0.6 is 0 Å². The molecule has 0 radical (unpaired) electrons. The molecule has 34 heavy (non-hydrogen) atoms. The number of ether oxygens (including phenoxy) is 2. The summed E-state index contributed by atoms with van der Waals surface area (Å²) in [7, 11) is 0. The van der Waals surface area contributed by atoms with Crippen LogP contribution in [0.1, 0.15) is 34.3 Å². The van der Waals surface area contributed by atoms with Gasteiger partial charge in [0.2, 0.25) is 0 Å². The zero-order valence-electron chi connectivity index (χ0n) is 18.7. The van der Waals surface area contributed by atoms with Gasteiger partial charge in [0.25, 0.3) is 0 Å². The maximum Gasteiger partial charge on any atom is 0.335 e. The van der Waals surface area contributed by atoms with E-state index in [1.807, 2.05) is 72.8 Å². The molecule has 1 heterocycles. The van der Waals surface area contributed by atoms with Crippen molar-refractivity contribution in [1.82, 2.24) is 0 Å². The number of fused-ring (bicyclic) bond motifs is 1. The van der Waals surface area contributed by atoms with E-state index in [2.05, 4.69) is 0 Å². The second-order valence-electron chi connectivity index (χ2n) is 8.71.